The lowest BCUT2D eigenvalue weighted by atomic mass is 9.91. The fourth-order valence-electron chi connectivity index (χ4n) is 1.65. The van der Waals surface area contributed by atoms with Crippen molar-refractivity contribution in [3.05, 3.63) is 21.7 Å². The summed E-state index contributed by atoms with van der Waals surface area (Å²) in [5.74, 6) is -0.292. The van der Waals surface area contributed by atoms with Gasteiger partial charge in [-0.1, -0.05) is 20.8 Å². The van der Waals surface area contributed by atoms with Crippen LogP contribution in [0.1, 0.15) is 55.1 Å². The summed E-state index contributed by atoms with van der Waals surface area (Å²) in [6, 6.07) is 0. The van der Waals surface area contributed by atoms with Crippen LogP contribution in [0.5, 0.6) is 0 Å². The van der Waals surface area contributed by atoms with Crippen molar-refractivity contribution in [2.24, 2.45) is 0 Å². The number of rotatable bonds is 3. The van der Waals surface area contributed by atoms with Crippen molar-refractivity contribution in [3.8, 4) is 0 Å². The highest BCUT2D eigenvalue weighted by molar-refractivity contribution is 7.12. The van der Waals surface area contributed by atoms with Crippen LogP contribution in [0.15, 0.2) is 6.08 Å². The van der Waals surface area contributed by atoms with Gasteiger partial charge in [0.1, 0.15) is 0 Å². The van der Waals surface area contributed by atoms with Crippen molar-refractivity contribution in [2.45, 2.75) is 44.9 Å². The van der Waals surface area contributed by atoms with Gasteiger partial charge in [0.05, 0.1) is 15.6 Å². The number of carboxylic acid groups (broad SMARTS) is 1. The molecule has 1 saturated carbocycles. The lowest BCUT2D eigenvalue weighted by Crippen LogP contribution is -2.13. The molecular weight excluding hydrogens is 234 g/mol. The second kappa shape index (κ2) is 4.26. The van der Waals surface area contributed by atoms with E-state index >= 15 is 0 Å². The molecule has 17 heavy (non-hydrogen) atoms. The molecule has 3 nitrogen and oxygen atoms in total. The van der Waals surface area contributed by atoms with E-state index in [0.717, 1.165) is 10.6 Å². The van der Waals surface area contributed by atoms with E-state index in [-0.39, 0.29) is 5.41 Å². The molecule has 0 saturated heterocycles. The molecule has 4 heteroatoms. The number of aromatic nitrogens is 1. The topological polar surface area (TPSA) is 50.2 Å². The number of hydrogen-bond acceptors (Lipinski definition) is 3. The standard InChI is InChI=1S/C13H17NO2S/c1-13(2,3)11-9(6-7-10(15)16)17-12(14-11)8-4-5-8/h6-8H,4-5H2,1-3H3,(H,15,16)/b7-6+. The molecule has 0 aromatic carbocycles. The summed E-state index contributed by atoms with van der Waals surface area (Å²) in [6.07, 6.45) is 5.31. The summed E-state index contributed by atoms with van der Waals surface area (Å²) in [7, 11) is 0. The zero-order valence-electron chi connectivity index (χ0n) is 10.4. The highest BCUT2D eigenvalue weighted by atomic mass is 32.1. The van der Waals surface area contributed by atoms with Crippen LogP contribution in [-0.4, -0.2) is 16.1 Å². The molecule has 1 aromatic rings. The van der Waals surface area contributed by atoms with Gasteiger partial charge in [0.25, 0.3) is 0 Å². The maximum atomic E-state index is 10.6. The Morgan fingerprint density at radius 1 is 1.47 bits per heavy atom. The van der Waals surface area contributed by atoms with Crippen LogP contribution < -0.4 is 0 Å². The average Bonchev–Trinajstić information content (AvgIpc) is 2.94. The lowest BCUT2D eigenvalue weighted by molar-refractivity contribution is -0.131. The summed E-state index contributed by atoms with van der Waals surface area (Å²) in [4.78, 5) is 16.3. The molecule has 2 rings (SSSR count). The van der Waals surface area contributed by atoms with E-state index in [2.05, 4.69) is 20.8 Å². The Bertz CT molecular complexity index is 464. The van der Waals surface area contributed by atoms with Gasteiger partial charge < -0.3 is 5.11 Å². The van der Waals surface area contributed by atoms with E-state index in [4.69, 9.17) is 10.1 Å². The van der Waals surface area contributed by atoms with Gasteiger partial charge in [-0.25, -0.2) is 9.78 Å². The summed E-state index contributed by atoms with van der Waals surface area (Å²) in [5, 5.41) is 9.86. The Labute approximate surface area is 105 Å². The van der Waals surface area contributed by atoms with Gasteiger partial charge in [-0.2, -0.15) is 0 Å². The molecular formula is C13H17NO2S. The quantitative estimate of drug-likeness (QED) is 0.837. The number of hydrogen-bond donors (Lipinski definition) is 1. The summed E-state index contributed by atoms with van der Waals surface area (Å²) in [6.45, 7) is 6.32. The molecule has 0 amide bonds. The van der Waals surface area contributed by atoms with Crippen molar-refractivity contribution in [3.63, 3.8) is 0 Å². The summed E-state index contributed by atoms with van der Waals surface area (Å²) in [5.41, 5.74) is 0.976. The van der Waals surface area contributed by atoms with Crippen LogP contribution >= 0.6 is 11.3 Å². The van der Waals surface area contributed by atoms with E-state index in [1.54, 1.807) is 17.4 Å². The molecule has 0 spiro atoms. The first kappa shape index (κ1) is 12.3. The van der Waals surface area contributed by atoms with Crippen LogP contribution in [0.25, 0.3) is 6.08 Å². The van der Waals surface area contributed by atoms with Crippen LogP contribution in [0.2, 0.25) is 0 Å². The highest BCUT2D eigenvalue weighted by Gasteiger charge is 2.30. The molecule has 1 N–H and O–H groups in total. The first-order chi connectivity index (χ1) is 7.88. The number of thiazole rings is 1. The Hall–Kier alpha value is -1.16. The van der Waals surface area contributed by atoms with E-state index in [1.165, 1.54) is 23.9 Å². The molecule has 1 heterocycles. The minimum atomic E-state index is -0.911. The number of nitrogens with zero attached hydrogens (tertiary/aromatic N) is 1. The second-order valence-corrected chi connectivity index (χ2v) is 6.52. The predicted octanol–water partition coefficient (Wildman–Crippen LogP) is 3.42. The Morgan fingerprint density at radius 2 is 2.12 bits per heavy atom. The van der Waals surface area contributed by atoms with Gasteiger partial charge in [0, 0.05) is 17.4 Å². The average molecular weight is 251 g/mol. The molecule has 0 bridgehead atoms. The molecule has 1 aliphatic carbocycles. The lowest BCUT2D eigenvalue weighted by Gasteiger charge is -2.16. The van der Waals surface area contributed by atoms with Crippen molar-refractivity contribution in [1.82, 2.24) is 4.98 Å². The third-order valence-corrected chi connectivity index (χ3v) is 3.87. The smallest absolute Gasteiger partial charge is 0.328 e. The van der Waals surface area contributed by atoms with Crippen LogP contribution in [-0.2, 0) is 10.2 Å². The van der Waals surface area contributed by atoms with E-state index in [0.29, 0.717) is 5.92 Å². The Balaban J connectivity index is 2.37. The van der Waals surface area contributed by atoms with Gasteiger partial charge in [0.15, 0.2) is 0 Å². The van der Waals surface area contributed by atoms with Crippen molar-refractivity contribution >= 4 is 23.4 Å². The molecule has 0 aliphatic heterocycles. The van der Waals surface area contributed by atoms with Crippen molar-refractivity contribution < 1.29 is 9.90 Å². The third-order valence-electron chi connectivity index (χ3n) is 2.68. The first-order valence-corrected chi connectivity index (χ1v) is 6.62. The van der Waals surface area contributed by atoms with E-state index in [1.807, 2.05) is 0 Å². The van der Waals surface area contributed by atoms with Gasteiger partial charge >= 0.3 is 5.97 Å². The number of carbonyl (C=O) groups is 1. The molecule has 1 aliphatic rings. The van der Waals surface area contributed by atoms with E-state index in [9.17, 15) is 4.79 Å². The highest BCUT2D eigenvalue weighted by Crippen LogP contribution is 2.44. The second-order valence-electron chi connectivity index (χ2n) is 5.46. The molecule has 92 valence electrons. The molecule has 1 aromatic heterocycles. The van der Waals surface area contributed by atoms with Gasteiger partial charge in [0.2, 0.25) is 0 Å². The fourth-order valence-corrected chi connectivity index (χ4v) is 3.00. The third kappa shape index (κ3) is 2.94. The van der Waals surface area contributed by atoms with E-state index < -0.39 is 5.97 Å². The van der Waals surface area contributed by atoms with Gasteiger partial charge in [-0.05, 0) is 18.9 Å². The van der Waals surface area contributed by atoms with Crippen LogP contribution in [0, 0.1) is 0 Å². The SMILES string of the molecule is CC(C)(C)c1nc(C2CC2)sc1/C=C/C(=O)O. The van der Waals surface area contributed by atoms with Crippen molar-refractivity contribution in [2.75, 3.05) is 0 Å². The largest absolute Gasteiger partial charge is 0.478 e. The van der Waals surface area contributed by atoms with Crippen molar-refractivity contribution in [1.29, 1.82) is 0 Å². The summed E-state index contributed by atoms with van der Waals surface area (Å²) >= 11 is 1.64. The van der Waals surface area contributed by atoms with Crippen LogP contribution in [0.4, 0.5) is 0 Å². The van der Waals surface area contributed by atoms with Crippen LogP contribution in [0.3, 0.4) is 0 Å². The number of aliphatic carboxylic acids is 1. The minimum Gasteiger partial charge on any atom is -0.478 e. The predicted molar refractivity (Wildman–Crippen MR) is 69.5 cm³/mol. The number of carboxylic acids is 1. The Morgan fingerprint density at radius 3 is 2.59 bits per heavy atom. The normalized spacial score (nSPS) is 16.6. The molecule has 0 atom stereocenters. The summed E-state index contributed by atoms with van der Waals surface area (Å²) < 4.78 is 0. The molecule has 1 fully saturated rings. The first-order valence-electron chi connectivity index (χ1n) is 5.80. The zero-order valence-corrected chi connectivity index (χ0v) is 11.2. The van der Waals surface area contributed by atoms with Gasteiger partial charge in [-0.15, -0.1) is 11.3 Å². The Kier molecular flexibility index (Phi) is 3.08. The molecule has 0 unspecified atom stereocenters. The maximum absolute atomic E-state index is 10.6. The maximum Gasteiger partial charge on any atom is 0.328 e. The minimum absolute atomic E-state index is 0.0399. The zero-order chi connectivity index (χ0) is 12.6. The fraction of sp³-hybridized carbons (Fsp3) is 0.538. The monoisotopic (exact) mass is 251 g/mol. The molecule has 0 radical (unpaired) electrons. The van der Waals surface area contributed by atoms with Gasteiger partial charge in [-0.3, -0.25) is 0 Å².